The zero-order chi connectivity index (χ0) is 17.0. The highest BCUT2D eigenvalue weighted by molar-refractivity contribution is 6.02. The number of benzene rings is 1. The summed E-state index contributed by atoms with van der Waals surface area (Å²) >= 11 is 0. The topological polar surface area (TPSA) is 97.2 Å². The van der Waals surface area contributed by atoms with Crippen LogP contribution in [-0.2, 0) is 4.79 Å². The standard InChI is InChI=1S/C17H23N3O3/c1-10(2)7-11(17(22)20-18)8-15(21)14-9-12-13(19-14)5-4-6-16(12)23-3/h4-6,9-11,19H,7-8,18H2,1-3H3,(H,20,22)/t11-/m1/s1. The predicted octanol–water partition coefficient (Wildman–Crippen LogP) is 2.40. The maximum absolute atomic E-state index is 12.5. The molecular weight excluding hydrogens is 294 g/mol. The molecule has 0 bridgehead atoms. The van der Waals surface area contributed by atoms with E-state index >= 15 is 0 Å². The Morgan fingerprint density at radius 1 is 1.35 bits per heavy atom. The van der Waals surface area contributed by atoms with Gasteiger partial charge in [-0.3, -0.25) is 15.0 Å². The van der Waals surface area contributed by atoms with Gasteiger partial charge in [-0.15, -0.1) is 0 Å². The summed E-state index contributed by atoms with van der Waals surface area (Å²) in [5, 5.41) is 0.849. The third-order valence-electron chi connectivity index (χ3n) is 3.85. The summed E-state index contributed by atoms with van der Waals surface area (Å²) in [4.78, 5) is 27.5. The van der Waals surface area contributed by atoms with Crippen LogP contribution in [0.2, 0.25) is 0 Å². The molecule has 1 atom stereocenters. The Kier molecular flexibility index (Phi) is 5.39. The number of rotatable bonds is 7. The zero-order valence-electron chi connectivity index (χ0n) is 13.7. The van der Waals surface area contributed by atoms with E-state index in [2.05, 4.69) is 10.4 Å². The van der Waals surface area contributed by atoms with Crippen LogP contribution >= 0.6 is 0 Å². The number of carbonyl (C=O) groups is 2. The number of methoxy groups -OCH3 is 1. The van der Waals surface area contributed by atoms with E-state index in [1.54, 1.807) is 13.2 Å². The highest BCUT2D eigenvalue weighted by Crippen LogP contribution is 2.27. The van der Waals surface area contributed by atoms with Gasteiger partial charge in [0, 0.05) is 23.2 Å². The second kappa shape index (κ2) is 7.28. The van der Waals surface area contributed by atoms with Crippen molar-refractivity contribution in [3.8, 4) is 5.75 Å². The normalized spacial score (nSPS) is 12.4. The average Bonchev–Trinajstić information content (AvgIpc) is 2.97. The molecule has 124 valence electrons. The molecule has 2 aromatic rings. The van der Waals surface area contributed by atoms with Gasteiger partial charge in [0.1, 0.15) is 5.75 Å². The molecule has 1 aromatic heterocycles. The molecule has 1 aromatic carbocycles. The van der Waals surface area contributed by atoms with Gasteiger partial charge in [-0.05, 0) is 30.5 Å². The van der Waals surface area contributed by atoms with Crippen molar-refractivity contribution in [2.45, 2.75) is 26.7 Å². The molecule has 0 aliphatic heterocycles. The highest BCUT2D eigenvalue weighted by atomic mass is 16.5. The van der Waals surface area contributed by atoms with Crippen LogP contribution in [0.15, 0.2) is 24.3 Å². The number of amides is 1. The van der Waals surface area contributed by atoms with E-state index in [0.29, 0.717) is 23.8 Å². The summed E-state index contributed by atoms with van der Waals surface area (Å²) in [7, 11) is 1.59. The minimum absolute atomic E-state index is 0.113. The first-order valence-electron chi connectivity index (χ1n) is 7.65. The third kappa shape index (κ3) is 3.90. The van der Waals surface area contributed by atoms with Gasteiger partial charge < -0.3 is 9.72 Å². The summed E-state index contributed by atoms with van der Waals surface area (Å²) in [5.41, 5.74) is 3.46. The van der Waals surface area contributed by atoms with Crippen LogP contribution in [0.5, 0.6) is 5.75 Å². The molecule has 1 amide bonds. The van der Waals surface area contributed by atoms with E-state index in [1.807, 2.05) is 32.0 Å². The summed E-state index contributed by atoms with van der Waals surface area (Å²) in [5.74, 6) is 5.38. The van der Waals surface area contributed by atoms with Crippen LogP contribution in [-0.4, -0.2) is 23.8 Å². The maximum atomic E-state index is 12.5. The smallest absolute Gasteiger partial charge is 0.237 e. The van der Waals surface area contributed by atoms with Crippen LogP contribution < -0.4 is 16.0 Å². The zero-order valence-corrected chi connectivity index (χ0v) is 13.7. The van der Waals surface area contributed by atoms with Gasteiger partial charge in [0.05, 0.1) is 12.8 Å². The lowest BCUT2D eigenvalue weighted by Crippen LogP contribution is -2.37. The first kappa shape index (κ1) is 17.0. The fourth-order valence-electron chi connectivity index (χ4n) is 2.76. The third-order valence-corrected chi connectivity index (χ3v) is 3.85. The molecule has 0 radical (unpaired) electrons. The van der Waals surface area contributed by atoms with Gasteiger partial charge in [-0.25, -0.2) is 5.84 Å². The Morgan fingerprint density at radius 2 is 2.09 bits per heavy atom. The number of hydrogen-bond donors (Lipinski definition) is 3. The predicted molar refractivity (Wildman–Crippen MR) is 89.1 cm³/mol. The second-order valence-corrected chi connectivity index (χ2v) is 6.07. The SMILES string of the molecule is COc1cccc2[nH]c(C(=O)C[C@@H](CC(C)C)C(=O)NN)cc12. The van der Waals surface area contributed by atoms with Crippen molar-refractivity contribution in [2.75, 3.05) is 7.11 Å². The molecule has 0 aliphatic carbocycles. The van der Waals surface area contributed by atoms with Crippen molar-refractivity contribution in [2.24, 2.45) is 17.7 Å². The van der Waals surface area contributed by atoms with Gasteiger partial charge in [-0.2, -0.15) is 0 Å². The Labute approximate surface area is 135 Å². The number of H-pyrrole nitrogens is 1. The lowest BCUT2D eigenvalue weighted by molar-refractivity contribution is -0.125. The first-order valence-corrected chi connectivity index (χ1v) is 7.65. The molecule has 0 spiro atoms. The molecule has 23 heavy (non-hydrogen) atoms. The van der Waals surface area contributed by atoms with E-state index in [1.165, 1.54) is 0 Å². The van der Waals surface area contributed by atoms with Crippen molar-refractivity contribution in [1.82, 2.24) is 10.4 Å². The number of hydrogen-bond acceptors (Lipinski definition) is 4. The van der Waals surface area contributed by atoms with Crippen molar-refractivity contribution >= 4 is 22.6 Å². The lowest BCUT2D eigenvalue weighted by atomic mass is 9.91. The number of carbonyl (C=O) groups excluding carboxylic acids is 2. The molecule has 6 nitrogen and oxygen atoms in total. The summed E-state index contributed by atoms with van der Waals surface area (Å²) in [6.07, 6.45) is 0.731. The number of aromatic amines is 1. The number of ether oxygens (including phenoxy) is 1. The molecule has 0 saturated heterocycles. The Bertz CT molecular complexity index is 706. The van der Waals surface area contributed by atoms with E-state index in [0.717, 1.165) is 10.9 Å². The van der Waals surface area contributed by atoms with Crippen LogP contribution in [0.25, 0.3) is 10.9 Å². The molecule has 4 N–H and O–H groups in total. The van der Waals surface area contributed by atoms with Crippen LogP contribution in [0.4, 0.5) is 0 Å². The quantitative estimate of drug-likeness (QED) is 0.316. The molecule has 0 aliphatic rings. The number of aromatic nitrogens is 1. The Hall–Kier alpha value is -2.34. The molecule has 0 fully saturated rings. The second-order valence-electron chi connectivity index (χ2n) is 6.07. The minimum Gasteiger partial charge on any atom is -0.496 e. The van der Waals surface area contributed by atoms with Crippen LogP contribution in [0, 0.1) is 11.8 Å². The summed E-state index contributed by atoms with van der Waals surface area (Å²) in [6.45, 7) is 4.02. The van der Waals surface area contributed by atoms with E-state index in [4.69, 9.17) is 10.6 Å². The van der Waals surface area contributed by atoms with Gasteiger partial charge in [0.15, 0.2) is 5.78 Å². The van der Waals surface area contributed by atoms with E-state index < -0.39 is 5.92 Å². The monoisotopic (exact) mass is 317 g/mol. The molecule has 2 rings (SSSR count). The van der Waals surface area contributed by atoms with Crippen molar-refractivity contribution < 1.29 is 14.3 Å². The minimum atomic E-state index is -0.430. The number of nitrogens with two attached hydrogens (primary N) is 1. The molecular formula is C17H23N3O3. The Balaban J connectivity index is 2.23. The van der Waals surface area contributed by atoms with Crippen LogP contribution in [0.1, 0.15) is 37.2 Å². The largest absolute Gasteiger partial charge is 0.496 e. The Morgan fingerprint density at radius 3 is 2.70 bits per heavy atom. The van der Waals surface area contributed by atoms with E-state index in [9.17, 15) is 9.59 Å². The van der Waals surface area contributed by atoms with E-state index in [-0.39, 0.29) is 18.1 Å². The lowest BCUT2D eigenvalue weighted by Gasteiger charge is -2.16. The highest BCUT2D eigenvalue weighted by Gasteiger charge is 2.24. The molecule has 0 saturated carbocycles. The number of nitrogens with one attached hydrogen (secondary N) is 2. The fraction of sp³-hybridized carbons (Fsp3) is 0.412. The van der Waals surface area contributed by atoms with Gasteiger partial charge in [-0.1, -0.05) is 19.9 Å². The van der Waals surface area contributed by atoms with Gasteiger partial charge in [0.25, 0.3) is 0 Å². The summed E-state index contributed by atoms with van der Waals surface area (Å²) < 4.78 is 5.30. The fourth-order valence-corrected chi connectivity index (χ4v) is 2.76. The van der Waals surface area contributed by atoms with Crippen molar-refractivity contribution in [3.05, 3.63) is 30.0 Å². The number of ketones is 1. The first-order chi connectivity index (χ1) is 11.0. The number of hydrazine groups is 1. The maximum Gasteiger partial charge on any atom is 0.237 e. The summed E-state index contributed by atoms with van der Waals surface area (Å²) in [6, 6.07) is 7.35. The molecule has 6 heteroatoms. The van der Waals surface area contributed by atoms with Gasteiger partial charge in [0.2, 0.25) is 5.91 Å². The molecule has 1 heterocycles. The van der Waals surface area contributed by atoms with Crippen LogP contribution in [0.3, 0.4) is 0 Å². The van der Waals surface area contributed by atoms with Gasteiger partial charge >= 0.3 is 0 Å². The number of Topliss-reactive ketones (excluding diaryl/α,β-unsaturated/α-hetero) is 1. The average molecular weight is 317 g/mol. The van der Waals surface area contributed by atoms with Crippen molar-refractivity contribution in [1.29, 1.82) is 0 Å². The molecule has 0 unspecified atom stereocenters. The van der Waals surface area contributed by atoms with Crippen molar-refractivity contribution in [3.63, 3.8) is 0 Å². The number of fused-ring (bicyclic) bond motifs is 1.